The van der Waals surface area contributed by atoms with E-state index in [1.807, 2.05) is 31.2 Å². The van der Waals surface area contributed by atoms with Gasteiger partial charge in [-0.2, -0.15) is 0 Å². The number of benzene rings is 1. The Bertz CT molecular complexity index is 916. The molecule has 8 heteroatoms. The van der Waals surface area contributed by atoms with Gasteiger partial charge in [-0.15, -0.1) is 0 Å². The third-order valence-electron chi connectivity index (χ3n) is 6.06. The molecule has 1 aromatic carbocycles. The molecule has 2 fully saturated rings. The molecule has 3 heterocycles. The van der Waals surface area contributed by atoms with E-state index in [-0.39, 0.29) is 18.9 Å². The van der Waals surface area contributed by atoms with Crippen LogP contribution in [0.3, 0.4) is 0 Å². The van der Waals surface area contributed by atoms with Crippen LogP contribution in [0.25, 0.3) is 0 Å². The Labute approximate surface area is 175 Å². The van der Waals surface area contributed by atoms with Gasteiger partial charge < -0.3 is 14.6 Å². The summed E-state index contributed by atoms with van der Waals surface area (Å²) in [4.78, 5) is 24.2. The van der Waals surface area contributed by atoms with Crippen LogP contribution in [-0.4, -0.2) is 58.3 Å². The van der Waals surface area contributed by atoms with Crippen LogP contribution in [-0.2, 0) is 17.9 Å². The van der Waals surface area contributed by atoms with E-state index in [9.17, 15) is 13.6 Å². The number of methoxy groups -OCH3 is 1. The van der Waals surface area contributed by atoms with Gasteiger partial charge in [0.25, 0.3) is 5.92 Å². The summed E-state index contributed by atoms with van der Waals surface area (Å²) < 4.78 is 34.8. The first-order valence-electron chi connectivity index (χ1n) is 10.3. The first-order valence-corrected chi connectivity index (χ1v) is 10.3. The van der Waals surface area contributed by atoms with Gasteiger partial charge in [0, 0.05) is 44.5 Å². The monoisotopic (exact) mass is 418 g/mol. The van der Waals surface area contributed by atoms with Crippen molar-refractivity contribution < 1.29 is 18.3 Å². The Morgan fingerprint density at radius 3 is 2.83 bits per heavy atom. The molecule has 162 valence electrons. The van der Waals surface area contributed by atoms with Gasteiger partial charge in [0.1, 0.15) is 11.6 Å². The lowest BCUT2D eigenvalue weighted by Crippen LogP contribution is -2.60. The molecule has 2 aromatic rings. The highest BCUT2D eigenvalue weighted by Crippen LogP contribution is 2.45. The van der Waals surface area contributed by atoms with Crippen molar-refractivity contribution in [2.45, 2.75) is 45.2 Å². The highest BCUT2D eigenvalue weighted by Gasteiger charge is 2.55. The molecule has 1 aromatic heterocycles. The number of aromatic nitrogens is 2. The van der Waals surface area contributed by atoms with Crippen molar-refractivity contribution in [3.8, 4) is 5.75 Å². The van der Waals surface area contributed by atoms with Crippen molar-refractivity contribution in [3.05, 3.63) is 47.5 Å². The van der Waals surface area contributed by atoms with E-state index >= 15 is 0 Å². The van der Waals surface area contributed by atoms with Crippen LogP contribution in [0.5, 0.6) is 5.75 Å². The molecule has 4 rings (SSSR count). The topological polar surface area (TPSA) is 61.5 Å². The van der Waals surface area contributed by atoms with Crippen molar-refractivity contribution in [1.29, 1.82) is 0 Å². The van der Waals surface area contributed by atoms with Crippen LogP contribution < -0.4 is 4.74 Å². The lowest BCUT2D eigenvalue weighted by molar-refractivity contribution is -0.170. The van der Waals surface area contributed by atoms with Crippen LogP contribution in [0.2, 0.25) is 0 Å². The molecule has 2 saturated heterocycles. The standard InChI is InChI=1S/C22H28F2N4O2/c1-16-25-10-18(26-16)12-27-14-21(13-22(23,24)15-27)7-4-8-28(20(21)29)11-17-5-3-6-19(9-17)30-2/h3,5-6,9-10H,4,7-8,11-15H2,1-2H3,(H,25,26)/t21-/m1/s1. The fraction of sp³-hybridized carbons (Fsp3) is 0.545. The Morgan fingerprint density at radius 1 is 1.27 bits per heavy atom. The summed E-state index contributed by atoms with van der Waals surface area (Å²) in [5.41, 5.74) is 0.678. The third-order valence-corrected chi connectivity index (χ3v) is 6.06. The van der Waals surface area contributed by atoms with Gasteiger partial charge in [-0.3, -0.25) is 9.69 Å². The quantitative estimate of drug-likeness (QED) is 0.809. The number of carbonyl (C=O) groups excluding carboxylic acids is 1. The molecule has 0 saturated carbocycles. The van der Waals surface area contributed by atoms with Crippen molar-refractivity contribution in [1.82, 2.24) is 19.8 Å². The zero-order valence-corrected chi connectivity index (χ0v) is 17.5. The van der Waals surface area contributed by atoms with Crippen LogP contribution in [0.1, 0.15) is 36.3 Å². The number of aryl methyl sites for hydroxylation is 1. The number of halogens is 2. The summed E-state index contributed by atoms with van der Waals surface area (Å²) in [6.07, 6.45) is 2.51. The summed E-state index contributed by atoms with van der Waals surface area (Å²) in [5, 5.41) is 0. The lowest BCUT2D eigenvalue weighted by Gasteiger charge is -2.49. The number of carbonyl (C=O) groups is 1. The maximum Gasteiger partial charge on any atom is 0.261 e. The number of aromatic amines is 1. The molecule has 30 heavy (non-hydrogen) atoms. The largest absolute Gasteiger partial charge is 0.497 e. The molecule has 1 N–H and O–H groups in total. The first-order chi connectivity index (χ1) is 14.3. The average molecular weight is 418 g/mol. The van der Waals surface area contributed by atoms with Gasteiger partial charge in [0.05, 0.1) is 19.1 Å². The van der Waals surface area contributed by atoms with E-state index in [0.29, 0.717) is 32.6 Å². The molecule has 6 nitrogen and oxygen atoms in total. The molecular formula is C22H28F2N4O2. The SMILES string of the molecule is COc1cccc(CN2CCC[C@@]3(CN(Cc4cnc(C)[nH]4)CC(F)(F)C3)C2=O)c1. The van der Waals surface area contributed by atoms with Crippen molar-refractivity contribution in [3.63, 3.8) is 0 Å². The van der Waals surface area contributed by atoms with E-state index in [4.69, 9.17) is 4.74 Å². The molecule has 2 aliphatic heterocycles. The number of ether oxygens (including phenoxy) is 1. The number of piperidine rings is 2. The van der Waals surface area contributed by atoms with Gasteiger partial charge in [-0.05, 0) is 37.5 Å². The lowest BCUT2D eigenvalue weighted by atomic mass is 9.71. The fourth-order valence-electron chi connectivity index (χ4n) is 4.93. The number of hydrogen-bond acceptors (Lipinski definition) is 4. The summed E-state index contributed by atoms with van der Waals surface area (Å²) >= 11 is 0. The predicted molar refractivity (Wildman–Crippen MR) is 108 cm³/mol. The number of imidazole rings is 1. The number of hydrogen-bond donors (Lipinski definition) is 1. The molecule has 1 amide bonds. The van der Waals surface area contributed by atoms with Crippen LogP contribution >= 0.6 is 0 Å². The van der Waals surface area contributed by atoms with Gasteiger partial charge in [0.15, 0.2) is 0 Å². The second-order valence-electron chi connectivity index (χ2n) is 8.63. The maximum atomic E-state index is 14.8. The fourth-order valence-corrected chi connectivity index (χ4v) is 4.93. The van der Waals surface area contributed by atoms with Gasteiger partial charge in [0.2, 0.25) is 5.91 Å². The molecule has 0 aliphatic carbocycles. The van der Waals surface area contributed by atoms with Gasteiger partial charge in [-0.25, -0.2) is 13.8 Å². The van der Waals surface area contributed by atoms with Gasteiger partial charge >= 0.3 is 0 Å². The summed E-state index contributed by atoms with van der Waals surface area (Å²) in [5.74, 6) is -1.59. The van der Waals surface area contributed by atoms with Crippen LogP contribution in [0.15, 0.2) is 30.5 Å². The molecule has 2 aliphatic rings. The van der Waals surface area contributed by atoms with Crippen molar-refractivity contribution in [2.24, 2.45) is 5.41 Å². The molecule has 0 radical (unpaired) electrons. The normalized spacial score (nSPS) is 24.4. The second-order valence-corrected chi connectivity index (χ2v) is 8.63. The third kappa shape index (κ3) is 4.33. The van der Waals surface area contributed by atoms with Gasteiger partial charge in [-0.1, -0.05) is 12.1 Å². The zero-order valence-electron chi connectivity index (χ0n) is 17.5. The number of nitrogens with one attached hydrogen (secondary N) is 1. The Kier molecular flexibility index (Phi) is 5.53. The first kappa shape index (κ1) is 20.8. The smallest absolute Gasteiger partial charge is 0.261 e. The number of likely N-dealkylation sites (tertiary alicyclic amines) is 2. The van der Waals surface area contributed by atoms with Crippen LogP contribution in [0, 0.1) is 12.3 Å². The van der Waals surface area contributed by atoms with E-state index in [1.165, 1.54) is 0 Å². The van der Waals surface area contributed by atoms with E-state index in [0.717, 1.165) is 29.3 Å². The zero-order chi connectivity index (χ0) is 21.4. The summed E-state index contributed by atoms with van der Waals surface area (Å²) in [7, 11) is 1.60. The van der Waals surface area contributed by atoms with Crippen molar-refractivity contribution in [2.75, 3.05) is 26.7 Å². The second kappa shape index (κ2) is 7.98. The summed E-state index contributed by atoms with van der Waals surface area (Å²) in [6, 6.07) is 7.54. The number of amides is 1. The van der Waals surface area contributed by atoms with E-state index < -0.39 is 11.3 Å². The highest BCUT2D eigenvalue weighted by molar-refractivity contribution is 5.84. The number of rotatable bonds is 5. The Balaban J connectivity index is 1.53. The summed E-state index contributed by atoms with van der Waals surface area (Å²) in [6.45, 7) is 3.16. The number of nitrogens with zero attached hydrogens (tertiary/aromatic N) is 3. The molecular weight excluding hydrogens is 390 g/mol. The average Bonchev–Trinajstić information content (AvgIpc) is 3.09. The predicted octanol–water partition coefficient (Wildman–Crippen LogP) is 3.38. The van der Waals surface area contributed by atoms with Crippen LogP contribution in [0.4, 0.5) is 8.78 Å². The molecule has 1 spiro atoms. The minimum atomic E-state index is -2.90. The minimum absolute atomic E-state index is 0.165. The molecule has 0 unspecified atom stereocenters. The Morgan fingerprint density at radius 2 is 2.10 bits per heavy atom. The minimum Gasteiger partial charge on any atom is -0.497 e. The van der Waals surface area contributed by atoms with E-state index in [2.05, 4.69) is 9.97 Å². The van der Waals surface area contributed by atoms with Crippen molar-refractivity contribution >= 4 is 5.91 Å². The Hall–Kier alpha value is -2.48. The maximum absolute atomic E-state index is 14.8. The number of alkyl halides is 2. The van der Waals surface area contributed by atoms with E-state index in [1.54, 1.807) is 23.1 Å². The molecule has 1 atom stereocenters. The highest BCUT2D eigenvalue weighted by atomic mass is 19.3. The molecule has 0 bridgehead atoms. The number of H-pyrrole nitrogens is 1.